The lowest BCUT2D eigenvalue weighted by molar-refractivity contribution is 0.112. The molecular weight excluding hydrogens is 240 g/mol. The van der Waals surface area contributed by atoms with Gasteiger partial charge in [0.25, 0.3) is 0 Å². The van der Waals surface area contributed by atoms with Gasteiger partial charge in [0.15, 0.2) is 6.29 Å². The molecule has 0 fully saturated rings. The summed E-state index contributed by atoms with van der Waals surface area (Å²) in [6.07, 6.45) is 0.868. The summed E-state index contributed by atoms with van der Waals surface area (Å²) >= 11 is 0. The van der Waals surface area contributed by atoms with Gasteiger partial charge in [0, 0.05) is 28.9 Å². The molecule has 1 aliphatic heterocycles. The Bertz CT molecular complexity index is 720. The highest BCUT2D eigenvalue weighted by Crippen LogP contribution is 2.39. The molecule has 0 aliphatic carbocycles. The van der Waals surface area contributed by atoms with Crippen molar-refractivity contribution in [1.82, 2.24) is 0 Å². The number of rotatable bonds is 2. The predicted molar refractivity (Wildman–Crippen MR) is 76.5 cm³/mol. The van der Waals surface area contributed by atoms with Crippen LogP contribution in [0.3, 0.4) is 0 Å². The smallest absolute Gasteiger partial charge is 0.150 e. The molecule has 3 rings (SSSR count). The number of carbonyl (C=O) groups is 1. The molecule has 0 unspecified atom stereocenters. The molecule has 0 saturated carbocycles. The minimum absolute atomic E-state index is 0.639. The van der Waals surface area contributed by atoms with E-state index in [4.69, 9.17) is 4.74 Å². The van der Waals surface area contributed by atoms with Gasteiger partial charge >= 0.3 is 0 Å². The SMILES string of the molecule is COc1ccc2c3c(ccc(C=O)c13)N(C)N=C2C. The van der Waals surface area contributed by atoms with Crippen molar-refractivity contribution in [2.24, 2.45) is 5.10 Å². The maximum absolute atomic E-state index is 11.3. The van der Waals surface area contributed by atoms with Crippen molar-refractivity contribution in [2.45, 2.75) is 6.92 Å². The van der Waals surface area contributed by atoms with Crippen LogP contribution >= 0.6 is 0 Å². The maximum Gasteiger partial charge on any atom is 0.150 e. The van der Waals surface area contributed by atoms with Crippen LogP contribution in [0.1, 0.15) is 22.8 Å². The summed E-state index contributed by atoms with van der Waals surface area (Å²) in [5.74, 6) is 0.714. The molecule has 4 heteroatoms. The molecule has 2 aromatic rings. The van der Waals surface area contributed by atoms with Crippen LogP contribution < -0.4 is 9.75 Å². The molecule has 0 radical (unpaired) electrons. The first-order valence-electron chi connectivity index (χ1n) is 6.05. The van der Waals surface area contributed by atoms with Gasteiger partial charge in [0.05, 0.1) is 18.5 Å². The third kappa shape index (κ3) is 1.53. The molecule has 19 heavy (non-hydrogen) atoms. The summed E-state index contributed by atoms with van der Waals surface area (Å²) in [7, 11) is 3.52. The highest BCUT2D eigenvalue weighted by atomic mass is 16.5. The maximum atomic E-state index is 11.3. The average molecular weight is 254 g/mol. The third-order valence-electron chi connectivity index (χ3n) is 3.52. The largest absolute Gasteiger partial charge is 0.496 e. The fourth-order valence-electron chi connectivity index (χ4n) is 2.64. The van der Waals surface area contributed by atoms with E-state index in [-0.39, 0.29) is 0 Å². The molecule has 1 heterocycles. The van der Waals surface area contributed by atoms with Crippen molar-refractivity contribution in [2.75, 3.05) is 19.2 Å². The number of hydrazone groups is 1. The zero-order valence-corrected chi connectivity index (χ0v) is 11.1. The summed E-state index contributed by atoms with van der Waals surface area (Å²) in [5, 5.41) is 8.19. The van der Waals surface area contributed by atoms with Crippen molar-refractivity contribution >= 4 is 28.5 Å². The van der Waals surface area contributed by atoms with Crippen molar-refractivity contribution in [1.29, 1.82) is 0 Å². The molecule has 0 saturated heterocycles. The Balaban J connectivity index is 2.54. The van der Waals surface area contributed by atoms with Gasteiger partial charge < -0.3 is 4.74 Å². The van der Waals surface area contributed by atoms with Crippen LogP contribution in [-0.2, 0) is 0 Å². The lowest BCUT2D eigenvalue weighted by Gasteiger charge is -2.25. The topological polar surface area (TPSA) is 41.9 Å². The standard InChI is InChI=1S/C15H14N2O2/c1-9-11-5-7-13(19-3)14-10(8-18)4-6-12(15(11)14)17(2)16-9/h4-8H,1-3H3. The normalized spacial score (nSPS) is 13.4. The Kier molecular flexibility index (Phi) is 2.52. The minimum Gasteiger partial charge on any atom is -0.496 e. The predicted octanol–water partition coefficient (Wildman–Crippen LogP) is 2.83. The summed E-state index contributed by atoms with van der Waals surface area (Å²) < 4.78 is 5.40. The molecule has 0 amide bonds. The first-order chi connectivity index (χ1) is 9.17. The minimum atomic E-state index is 0.639. The number of carbonyl (C=O) groups excluding carboxylic acids is 1. The van der Waals surface area contributed by atoms with Crippen LogP contribution in [0, 0.1) is 0 Å². The molecule has 0 aromatic heterocycles. The zero-order valence-electron chi connectivity index (χ0n) is 11.1. The zero-order chi connectivity index (χ0) is 13.6. The highest BCUT2D eigenvalue weighted by Gasteiger charge is 2.21. The van der Waals surface area contributed by atoms with Gasteiger partial charge in [-0.25, -0.2) is 0 Å². The van der Waals surface area contributed by atoms with E-state index in [1.54, 1.807) is 7.11 Å². The summed E-state index contributed by atoms with van der Waals surface area (Å²) in [6, 6.07) is 7.61. The lowest BCUT2D eigenvalue weighted by Crippen LogP contribution is -2.18. The number of benzene rings is 2. The second-order valence-electron chi connectivity index (χ2n) is 4.57. The molecule has 0 atom stereocenters. The fourth-order valence-corrected chi connectivity index (χ4v) is 2.64. The molecule has 2 aromatic carbocycles. The monoisotopic (exact) mass is 254 g/mol. The first-order valence-corrected chi connectivity index (χ1v) is 6.05. The van der Waals surface area contributed by atoms with Gasteiger partial charge in [0.2, 0.25) is 0 Å². The van der Waals surface area contributed by atoms with E-state index < -0.39 is 0 Å². The lowest BCUT2D eigenvalue weighted by atomic mass is 9.94. The number of methoxy groups -OCH3 is 1. The van der Waals surface area contributed by atoms with Crippen LogP contribution in [0.25, 0.3) is 10.8 Å². The van der Waals surface area contributed by atoms with E-state index in [1.165, 1.54) is 0 Å². The van der Waals surface area contributed by atoms with Crippen molar-refractivity contribution in [3.63, 3.8) is 0 Å². The summed E-state index contributed by atoms with van der Waals surface area (Å²) in [4.78, 5) is 11.3. The van der Waals surface area contributed by atoms with Crippen LogP contribution in [0.15, 0.2) is 29.4 Å². The molecular formula is C15H14N2O2. The third-order valence-corrected chi connectivity index (χ3v) is 3.52. The van der Waals surface area contributed by atoms with Crippen LogP contribution in [0.2, 0.25) is 0 Å². The van der Waals surface area contributed by atoms with Gasteiger partial charge in [-0.3, -0.25) is 9.80 Å². The van der Waals surface area contributed by atoms with E-state index in [0.29, 0.717) is 11.3 Å². The molecule has 4 nitrogen and oxygen atoms in total. The van der Waals surface area contributed by atoms with E-state index in [0.717, 1.165) is 34.0 Å². The van der Waals surface area contributed by atoms with Crippen molar-refractivity contribution < 1.29 is 9.53 Å². The Hall–Kier alpha value is -2.36. The van der Waals surface area contributed by atoms with Gasteiger partial charge in [-0.05, 0) is 31.2 Å². The van der Waals surface area contributed by atoms with E-state index >= 15 is 0 Å². The number of hydrogen-bond donors (Lipinski definition) is 0. The van der Waals surface area contributed by atoms with E-state index in [9.17, 15) is 4.79 Å². The summed E-state index contributed by atoms with van der Waals surface area (Å²) in [5.41, 5.74) is 3.61. The number of aldehydes is 1. The van der Waals surface area contributed by atoms with E-state index in [1.807, 2.05) is 43.2 Å². The second-order valence-corrected chi connectivity index (χ2v) is 4.57. The van der Waals surface area contributed by atoms with Crippen molar-refractivity contribution in [3.8, 4) is 5.75 Å². The molecule has 1 aliphatic rings. The molecule has 0 bridgehead atoms. The van der Waals surface area contributed by atoms with E-state index in [2.05, 4.69) is 5.10 Å². The Labute approximate surface area is 111 Å². The van der Waals surface area contributed by atoms with Crippen LogP contribution in [0.5, 0.6) is 5.75 Å². The Morgan fingerprint density at radius 1 is 1.21 bits per heavy atom. The highest BCUT2D eigenvalue weighted by molar-refractivity contribution is 6.20. The first kappa shape index (κ1) is 11.7. The molecule has 96 valence electrons. The number of ether oxygens (including phenoxy) is 1. The van der Waals surface area contributed by atoms with Gasteiger partial charge in [-0.2, -0.15) is 5.10 Å². The second kappa shape index (κ2) is 4.09. The Morgan fingerprint density at radius 3 is 2.68 bits per heavy atom. The number of nitrogens with zero attached hydrogens (tertiary/aromatic N) is 2. The molecule has 0 spiro atoms. The number of anilines is 1. The van der Waals surface area contributed by atoms with Crippen molar-refractivity contribution in [3.05, 3.63) is 35.4 Å². The average Bonchev–Trinajstić information content (AvgIpc) is 2.43. The molecule has 0 N–H and O–H groups in total. The summed E-state index contributed by atoms with van der Waals surface area (Å²) in [6.45, 7) is 1.97. The van der Waals surface area contributed by atoms with Gasteiger partial charge in [-0.1, -0.05) is 0 Å². The van der Waals surface area contributed by atoms with Gasteiger partial charge in [-0.15, -0.1) is 0 Å². The number of hydrogen-bond acceptors (Lipinski definition) is 4. The quantitative estimate of drug-likeness (QED) is 0.774. The fraction of sp³-hybridized carbons (Fsp3) is 0.200. The van der Waals surface area contributed by atoms with Gasteiger partial charge in [0.1, 0.15) is 5.75 Å². The Morgan fingerprint density at radius 2 is 2.00 bits per heavy atom. The van der Waals surface area contributed by atoms with Crippen LogP contribution in [0.4, 0.5) is 5.69 Å². The van der Waals surface area contributed by atoms with Crippen LogP contribution in [-0.4, -0.2) is 26.2 Å².